The molecule has 1 aromatic carbocycles. The highest BCUT2D eigenvalue weighted by atomic mass is 32.2. The number of H-pyrrole nitrogens is 1. The number of rotatable bonds is 8. The van der Waals surface area contributed by atoms with Crippen molar-refractivity contribution in [2.24, 2.45) is 0 Å². The number of Topliss-reactive ketones (excluding diaryl/α,β-unsaturated/α-hetero) is 1. The Kier molecular flexibility index (Phi) is 7.04. The Bertz CT molecular complexity index is 1090. The number of hydrogen-bond donors (Lipinski definition) is 2. The minimum Gasteiger partial charge on any atom is -0.462 e. The minimum absolute atomic E-state index is 0.0332. The van der Waals surface area contributed by atoms with E-state index in [2.05, 4.69) is 9.71 Å². The zero-order chi connectivity index (χ0) is 22.6. The second-order valence-electron chi connectivity index (χ2n) is 6.68. The van der Waals surface area contributed by atoms with E-state index >= 15 is 0 Å². The standard InChI is InChI=1S/C20H24N2O7S/c1-6-28-20(25)16-11(2)17(21-12(16)3)18(23)13(4)29-19(24)14-9-7-8-10-15(14)22-30(5,26)27/h7-10,13,21-22H,6H2,1-5H3. The Hall–Kier alpha value is -3.14. The summed E-state index contributed by atoms with van der Waals surface area (Å²) in [5.74, 6) is -1.95. The molecule has 2 aromatic rings. The topological polar surface area (TPSA) is 132 Å². The van der Waals surface area contributed by atoms with Crippen LogP contribution in [0.15, 0.2) is 24.3 Å². The first-order valence-electron chi connectivity index (χ1n) is 9.14. The van der Waals surface area contributed by atoms with E-state index in [1.165, 1.54) is 19.1 Å². The first-order chi connectivity index (χ1) is 14.0. The summed E-state index contributed by atoms with van der Waals surface area (Å²) in [5.41, 5.74) is 1.28. The van der Waals surface area contributed by atoms with E-state index in [1.807, 2.05) is 0 Å². The van der Waals surface area contributed by atoms with Crippen molar-refractivity contribution in [2.45, 2.75) is 33.8 Å². The molecular formula is C20H24N2O7S. The first-order valence-corrected chi connectivity index (χ1v) is 11.0. The summed E-state index contributed by atoms with van der Waals surface area (Å²) >= 11 is 0. The molecule has 2 N–H and O–H groups in total. The van der Waals surface area contributed by atoms with Gasteiger partial charge in [-0.05, 0) is 45.4 Å². The number of carbonyl (C=O) groups is 3. The molecular weight excluding hydrogens is 412 g/mol. The lowest BCUT2D eigenvalue weighted by Crippen LogP contribution is -2.26. The zero-order valence-corrected chi connectivity index (χ0v) is 18.2. The molecule has 0 aliphatic rings. The summed E-state index contributed by atoms with van der Waals surface area (Å²) in [5, 5.41) is 0. The molecule has 0 aliphatic heterocycles. The van der Waals surface area contributed by atoms with E-state index < -0.39 is 33.8 Å². The molecule has 2 rings (SSSR count). The summed E-state index contributed by atoms with van der Waals surface area (Å²) in [6, 6.07) is 5.89. The van der Waals surface area contributed by atoms with E-state index in [0.717, 1.165) is 6.26 Å². The number of ketones is 1. The quantitative estimate of drug-likeness (QED) is 0.480. The molecule has 10 heteroatoms. The van der Waals surface area contributed by atoms with Crippen LogP contribution in [0.3, 0.4) is 0 Å². The lowest BCUT2D eigenvalue weighted by atomic mass is 10.1. The fraction of sp³-hybridized carbons (Fsp3) is 0.350. The van der Waals surface area contributed by atoms with Gasteiger partial charge < -0.3 is 14.5 Å². The molecule has 1 atom stereocenters. The van der Waals surface area contributed by atoms with Crippen LogP contribution < -0.4 is 4.72 Å². The lowest BCUT2D eigenvalue weighted by molar-refractivity contribution is 0.0317. The maximum absolute atomic E-state index is 12.8. The van der Waals surface area contributed by atoms with Crippen LogP contribution in [0.5, 0.6) is 0 Å². The molecule has 0 bridgehead atoms. The SMILES string of the molecule is CCOC(=O)c1c(C)[nH]c(C(=O)C(C)OC(=O)c2ccccc2NS(C)(=O)=O)c1C. The van der Waals surface area contributed by atoms with Crippen LogP contribution in [0.2, 0.25) is 0 Å². The summed E-state index contributed by atoms with van der Waals surface area (Å²) in [7, 11) is -3.62. The molecule has 0 saturated carbocycles. The van der Waals surface area contributed by atoms with E-state index in [0.29, 0.717) is 11.3 Å². The van der Waals surface area contributed by atoms with Crippen LogP contribution in [-0.4, -0.2) is 50.1 Å². The number of aryl methyl sites for hydroxylation is 1. The van der Waals surface area contributed by atoms with Crippen molar-refractivity contribution in [1.29, 1.82) is 0 Å². The first kappa shape index (κ1) is 23.1. The summed E-state index contributed by atoms with van der Waals surface area (Å²) in [4.78, 5) is 40.3. The van der Waals surface area contributed by atoms with E-state index in [9.17, 15) is 22.8 Å². The number of esters is 2. The van der Waals surface area contributed by atoms with Crippen LogP contribution in [0, 0.1) is 13.8 Å². The Morgan fingerprint density at radius 2 is 1.77 bits per heavy atom. The average molecular weight is 436 g/mol. The molecule has 0 fully saturated rings. The minimum atomic E-state index is -3.62. The predicted molar refractivity (Wildman–Crippen MR) is 110 cm³/mol. The number of sulfonamides is 1. The molecule has 0 amide bonds. The van der Waals surface area contributed by atoms with Gasteiger partial charge in [0.25, 0.3) is 0 Å². The largest absolute Gasteiger partial charge is 0.462 e. The molecule has 0 radical (unpaired) electrons. The Morgan fingerprint density at radius 1 is 1.13 bits per heavy atom. The average Bonchev–Trinajstić information content (AvgIpc) is 2.94. The number of aromatic nitrogens is 1. The second-order valence-corrected chi connectivity index (χ2v) is 8.43. The van der Waals surface area contributed by atoms with Crippen LogP contribution >= 0.6 is 0 Å². The maximum atomic E-state index is 12.8. The number of carbonyl (C=O) groups excluding carboxylic acids is 3. The van der Waals surface area contributed by atoms with Crippen LogP contribution in [0.1, 0.15) is 56.3 Å². The summed E-state index contributed by atoms with van der Waals surface area (Å²) in [6.07, 6.45) is -0.228. The van der Waals surface area contributed by atoms with Gasteiger partial charge in [-0.25, -0.2) is 18.0 Å². The number of benzene rings is 1. The lowest BCUT2D eigenvalue weighted by Gasteiger charge is -2.14. The van der Waals surface area contributed by atoms with E-state index in [-0.39, 0.29) is 29.1 Å². The maximum Gasteiger partial charge on any atom is 0.340 e. The Labute approximate surface area is 174 Å². The number of para-hydroxylation sites is 1. The number of anilines is 1. The van der Waals surface area contributed by atoms with Crippen molar-refractivity contribution in [3.05, 3.63) is 52.3 Å². The predicted octanol–water partition coefficient (Wildman–Crippen LogP) is 2.61. The van der Waals surface area contributed by atoms with Gasteiger partial charge in [-0.15, -0.1) is 0 Å². The van der Waals surface area contributed by atoms with Gasteiger partial charge in [-0.2, -0.15) is 0 Å². The van der Waals surface area contributed by atoms with Crippen molar-refractivity contribution in [3.8, 4) is 0 Å². The number of ether oxygens (including phenoxy) is 2. The fourth-order valence-electron chi connectivity index (χ4n) is 2.94. The third-order valence-electron chi connectivity index (χ3n) is 4.26. The van der Waals surface area contributed by atoms with Gasteiger partial charge in [0, 0.05) is 5.69 Å². The normalized spacial score (nSPS) is 12.2. The van der Waals surface area contributed by atoms with Gasteiger partial charge in [0.05, 0.1) is 35.4 Å². The van der Waals surface area contributed by atoms with Gasteiger partial charge in [-0.3, -0.25) is 9.52 Å². The molecule has 1 aromatic heterocycles. The summed E-state index contributed by atoms with van der Waals surface area (Å²) < 4.78 is 35.5. The highest BCUT2D eigenvalue weighted by Gasteiger charge is 2.28. The monoisotopic (exact) mass is 436 g/mol. The smallest absolute Gasteiger partial charge is 0.340 e. The highest BCUT2D eigenvalue weighted by Crippen LogP contribution is 2.22. The summed E-state index contributed by atoms with van der Waals surface area (Å²) in [6.45, 7) is 6.51. The van der Waals surface area contributed by atoms with Crippen LogP contribution in [0.25, 0.3) is 0 Å². The van der Waals surface area contributed by atoms with Gasteiger partial charge in [0.1, 0.15) is 0 Å². The number of aromatic amines is 1. The third kappa shape index (κ3) is 5.26. The van der Waals surface area contributed by atoms with Crippen molar-refractivity contribution < 1.29 is 32.3 Å². The Morgan fingerprint density at radius 3 is 2.37 bits per heavy atom. The van der Waals surface area contributed by atoms with E-state index in [4.69, 9.17) is 9.47 Å². The molecule has 0 spiro atoms. The molecule has 162 valence electrons. The second kappa shape index (κ2) is 9.12. The highest BCUT2D eigenvalue weighted by molar-refractivity contribution is 7.92. The molecule has 1 unspecified atom stereocenters. The molecule has 30 heavy (non-hydrogen) atoms. The molecule has 1 heterocycles. The van der Waals surface area contributed by atoms with Crippen molar-refractivity contribution in [1.82, 2.24) is 4.98 Å². The van der Waals surface area contributed by atoms with Gasteiger partial charge in [0.2, 0.25) is 15.8 Å². The fourth-order valence-corrected chi connectivity index (χ4v) is 3.51. The molecule has 0 aliphatic carbocycles. The van der Waals surface area contributed by atoms with Gasteiger partial charge in [0.15, 0.2) is 6.10 Å². The van der Waals surface area contributed by atoms with Gasteiger partial charge >= 0.3 is 11.9 Å². The number of nitrogens with one attached hydrogen (secondary N) is 2. The molecule has 9 nitrogen and oxygen atoms in total. The third-order valence-corrected chi connectivity index (χ3v) is 4.85. The molecule has 0 saturated heterocycles. The van der Waals surface area contributed by atoms with Crippen LogP contribution in [-0.2, 0) is 19.5 Å². The van der Waals surface area contributed by atoms with Crippen molar-refractivity contribution in [2.75, 3.05) is 17.6 Å². The van der Waals surface area contributed by atoms with Crippen molar-refractivity contribution in [3.63, 3.8) is 0 Å². The van der Waals surface area contributed by atoms with E-state index in [1.54, 1.807) is 32.9 Å². The van der Waals surface area contributed by atoms with Gasteiger partial charge in [-0.1, -0.05) is 12.1 Å². The zero-order valence-electron chi connectivity index (χ0n) is 17.4. The van der Waals surface area contributed by atoms with Crippen molar-refractivity contribution >= 4 is 33.4 Å². The van der Waals surface area contributed by atoms with Crippen LogP contribution in [0.4, 0.5) is 5.69 Å². The number of hydrogen-bond acceptors (Lipinski definition) is 7. The Balaban J connectivity index is 2.24.